The number of allylic oxidation sites excluding steroid dienone is 2. The third-order valence-electron chi connectivity index (χ3n) is 10.8. The van der Waals surface area contributed by atoms with Crippen LogP contribution in [0.5, 0.6) is 0 Å². The van der Waals surface area contributed by atoms with Crippen molar-refractivity contribution in [1.29, 1.82) is 0 Å². The third-order valence-corrected chi connectivity index (χ3v) is 10.8. The summed E-state index contributed by atoms with van der Waals surface area (Å²) in [7, 11) is 0. The molecule has 0 amide bonds. The quantitative estimate of drug-likeness (QED) is 0.181. The van der Waals surface area contributed by atoms with Crippen molar-refractivity contribution in [1.82, 2.24) is 0 Å². The maximum absolute atomic E-state index is 6.55. The average Bonchev–Trinajstić information content (AvgIpc) is 3.71. The summed E-state index contributed by atoms with van der Waals surface area (Å²) in [5, 5.41) is 9.73. The lowest BCUT2D eigenvalue weighted by Crippen LogP contribution is -1.93. The van der Waals surface area contributed by atoms with E-state index in [1.54, 1.807) is 0 Å². The van der Waals surface area contributed by atoms with Gasteiger partial charge < -0.3 is 8.83 Å². The molecule has 2 nitrogen and oxygen atoms in total. The van der Waals surface area contributed by atoms with Crippen molar-refractivity contribution < 1.29 is 8.83 Å². The van der Waals surface area contributed by atoms with Crippen molar-refractivity contribution in [2.45, 2.75) is 25.7 Å². The molecule has 2 heteroatoms. The third kappa shape index (κ3) is 3.63. The highest BCUT2D eigenvalue weighted by molar-refractivity contribution is 6.23. The van der Waals surface area contributed by atoms with Gasteiger partial charge in [-0.25, -0.2) is 0 Å². The van der Waals surface area contributed by atoms with E-state index in [4.69, 9.17) is 8.83 Å². The van der Waals surface area contributed by atoms with Gasteiger partial charge in [-0.1, -0.05) is 97.1 Å². The first kappa shape index (κ1) is 26.2. The molecule has 2 aliphatic rings. The fourth-order valence-corrected chi connectivity index (χ4v) is 8.63. The summed E-state index contributed by atoms with van der Waals surface area (Å²) < 4.78 is 13.1. The second kappa shape index (κ2) is 9.82. The second-order valence-corrected chi connectivity index (χ2v) is 13.4. The van der Waals surface area contributed by atoms with Gasteiger partial charge in [-0.05, 0) is 128 Å². The van der Waals surface area contributed by atoms with E-state index >= 15 is 0 Å². The molecule has 9 aromatic rings. The van der Waals surface area contributed by atoms with Crippen molar-refractivity contribution in [3.8, 4) is 22.3 Å². The molecule has 2 aliphatic carbocycles. The number of benzene rings is 7. The predicted octanol–water partition coefficient (Wildman–Crippen LogP) is 13.0. The molecule has 0 spiro atoms. The molecule has 0 aliphatic heterocycles. The molecular formula is C46H30O2. The number of aryl methyl sites for hydroxylation is 2. The molecule has 0 saturated heterocycles. The van der Waals surface area contributed by atoms with E-state index in [1.807, 2.05) is 0 Å². The molecule has 7 aromatic carbocycles. The number of rotatable bonds is 2. The van der Waals surface area contributed by atoms with Crippen LogP contribution in [0.2, 0.25) is 0 Å². The van der Waals surface area contributed by atoms with Gasteiger partial charge in [0.25, 0.3) is 0 Å². The minimum absolute atomic E-state index is 0.930. The Morgan fingerprint density at radius 1 is 0.396 bits per heavy atom. The zero-order valence-corrected chi connectivity index (χ0v) is 26.3. The maximum Gasteiger partial charge on any atom is 0.136 e. The molecule has 11 rings (SSSR count). The SMILES string of the molecule is C1=Cc2c(ccc3oc4cc(-c5c6ccccc6c(-c6ccc7c(c6)oc6ccc8c(c67)C=CCC8)c6ccccc56)ccc4c23)CC1. The van der Waals surface area contributed by atoms with Crippen LogP contribution < -0.4 is 0 Å². The van der Waals surface area contributed by atoms with E-state index in [-0.39, 0.29) is 0 Å². The Kier molecular flexibility index (Phi) is 5.37. The average molecular weight is 615 g/mol. The van der Waals surface area contributed by atoms with E-state index < -0.39 is 0 Å². The van der Waals surface area contributed by atoms with E-state index in [0.717, 1.165) is 59.1 Å². The Hall–Kier alpha value is -5.86. The van der Waals surface area contributed by atoms with Crippen LogP contribution in [0.25, 0.3) is 99.8 Å². The van der Waals surface area contributed by atoms with Crippen LogP contribution in [0, 0.1) is 0 Å². The molecule has 2 heterocycles. The maximum atomic E-state index is 6.55. The molecule has 226 valence electrons. The molecule has 0 atom stereocenters. The van der Waals surface area contributed by atoms with Crippen LogP contribution in [0.3, 0.4) is 0 Å². The lowest BCUT2D eigenvalue weighted by atomic mass is 9.85. The zero-order valence-electron chi connectivity index (χ0n) is 26.3. The van der Waals surface area contributed by atoms with Crippen molar-refractivity contribution in [2.75, 3.05) is 0 Å². The Morgan fingerprint density at radius 3 is 1.27 bits per heavy atom. The van der Waals surface area contributed by atoms with Gasteiger partial charge in [0.1, 0.15) is 22.3 Å². The smallest absolute Gasteiger partial charge is 0.136 e. The van der Waals surface area contributed by atoms with Gasteiger partial charge in [-0.15, -0.1) is 0 Å². The van der Waals surface area contributed by atoms with Gasteiger partial charge in [0, 0.05) is 21.5 Å². The van der Waals surface area contributed by atoms with Gasteiger partial charge in [-0.2, -0.15) is 0 Å². The Bertz CT molecular complexity index is 2640. The number of hydrogen-bond donors (Lipinski definition) is 0. The minimum Gasteiger partial charge on any atom is -0.456 e. The van der Waals surface area contributed by atoms with E-state index in [0.29, 0.717) is 0 Å². The largest absolute Gasteiger partial charge is 0.456 e. The summed E-state index contributed by atoms with van der Waals surface area (Å²) in [5.74, 6) is 0. The van der Waals surface area contributed by atoms with E-state index in [9.17, 15) is 0 Å². The minimum atomic E-state index is 0.930. The van der Waals surface area contributed by atoms with E-state index in [1.165, 1.54) is 76.5 Å². The summed E-state index contributed by atoms with van der Waals surface area (Å²) in [6.45, 7) is 0. The molecule has 0 saturated carbocycles. The fourth-order valence-electron chi connectivity index (χ4n) is 8.63. The molecule has 2 aromatic heterocycles. The highest BCUT2D eigenvalue weighted by atomic mass is 16.3. The standard InChI is InChI=1S/C46H30O2/c1-3-11-31-27(9-1)19-23-39-45(31)37-21-17-29(25-41(37)47-39)43-33-13-5-7-15-35(33)44(36-16-8-6-14-34(36)43)30-18-22-38-42(26-30)48-40-24-20-28-10-2-4-12-32(28)46(38)40/h3-8,11-26H,1-2,9-10H2. The van der Waals surface area contributed by atoms with Crippen molar-refractivity contribution in [3.63, 3.8) is 0 Å². The van der Waals surface area contributed by atoms with Gasteiger partial charge in [0.2, 0.25) is 0 Å². The van der Waals surface area contributed by atoms with Crippen molar-refractivity contribution in [2.24, 2.45) is 0 Å². The monoisotopic (exact) mass is 614 g/mol. The predicted molar refractivity (Wildman–Crippen MR) is 202 cm³/mol. The lowest BCUT2D eigenvalue weighted by Gasteiger charge is -2.17. The summed E-state index contributed by atoms with van der Waals surface area (Å²) in [5.41, 5.74) is 14.0. The van der Waals surface area contributed by atoms with Crippen LogP contribution in [0.15, 0.2) is 130 Å². The highest BCUT2D eigenvalue weighted by Gasteiger charge is 2.21. The summed E-state index contributed by atoms with van der Waals surface area (Å²) in [4.78, 5) is 0. The molecular weight excluding hydrogens is 585 g/mol. The number of furan rings is 2. The molecule has 0 unspecified atom stereocenters. The van der Waals surface area contributed by atoms with Gasteiger partial charge in [0.15, 0.2) is 0 Å². The van der Waals surface area contributed by atoms with Gasteiger partial charge >= 0.3 is 0 Å². The molecule has 0 N–H and O–H groups in total. The van der Waals surface area contributed by atoms with Crippen molar-refractivity contribution in [3.05, 3.63) is 144 Å². The topological polar surface area (TPSA) is 26.3 Å². The van der Waals surface area contributed by atoms with E-state index in [2.05, 4.69) is 133 Å². The van der Waals surface area contributed by atoms with Gasteiger partial charge in [-0.3, -0.25) is 0 Å². The van der Waals surface area contributed by atoms with Crippen LogP contribution in [0.1, 0.15) is 35.1 Å². The highest BCUT2D eigenvalue weighted by Crippen LogP contribution is 2.46. The van der Waals surface area contributed by atoms with Crippen LogP contribution in [-0.4, -0.2) is 0 Å². The molecule has 0 bridgehead atoms. The zero-order chi connectivity index (χ0) is 31.3. The number of hydrogen-bond acceptors (Lipinski definition) is 2. The first-order chi connectivity index (χ1) is 23.8. The first-order valence-electron chi connectivity index (χ1n) is 17.0. The summed E-state index contributed by atoms with van der Waals surface area (Å²) in [6.07, 6.45) is 13.5. The molecule has 48 heavy (non-hydrogen) atoms. The second-order valence-electron chi connectivity index (χ2n) is 13.4. The van der Waals surface area contributed by atoms with Gasteiger partial charge in [0.05, 0.1) is 0 Å². The molecule has 0 radical (unpaired) electrons. The first-order valence-corrected chi connectivity index (χ1v) is 17.0. The van der Waals surface area contributed by atoms with Crippen LogP contribution in [0.4, 0.5) is 0 Å². The van der Waals surface area contributed by atoms with Crippen LogP contribution in [-0.2, 0) is 12.8 Å². The summed E-state index contributed by atoms with van der Waals surface area (Å²) >= 11 is 0. The van der Waals surface area contributed by atoms with Crippen LogP contribution >= 0.6 is 0 Å². The normalized spacial score (nSPS) is 14.2. The summed E-state index contributed by atoms with van der Waals surface area (Å²) in [6, 6.07) is 40.0. The molecule has 0 fully saturated rings. The lowest BCUT2D eigenvalue weighted by molar-refractivity contribution is 0.668. The Labute approximate surface area is 277 Å². The fraction of sp³-hybridized carbons (Fsp3) is 0.0870. The Balaban J connectivity index is 1.15. The van der Waals surface area contributed by atoms with Crippen molar-refractivity contribution >= 4 is 77.6 Å². The Morgan fingerprint density at radius 2 is 0.833 bits per heavy atom. The number of fused-ring (bicyclic) bond motifs is 12.